The highest BCUT2D eigenvalue weighted by molar-refractivity contribution is 6.90. The lowest BCUT2D eigenvalue weighted by molar-refractivity contribution is -0.116. The molecule has 4 heteroatoms. The van der Waals surface area contributed by atoms with Gasteiger partial charge >= 0.3 is 0 Å². The van der Waals surface area contributed by atoms with Gasteiger partial charge in [0.25, 0.3) is 5.91 Å². The van der Waals surface area contributed by atoms with Crippen molar-refractivity contribution in [3.05, 3.63) is 0 Å². The number of unbranched alkanes of at least 4 members (excludes halogenated alkanes) is 2. The molecule has 1 rings (SSSR count). The van der Waals surface area contributed by atoms with Crippen molar-refractivity contribution in [1.82, 2.24) is 10.6 Å². The van der Waals surface area contributed by atoms with Crippen molar-refractivity contribution in [1.29, 1.82) is 0 Å². The summed E-state index contributed by atoms with van der Waals surface area (Å²) in [7, 11) is -1.71. The number of amides is 1. The third-order valence-corrected chi connectivity index (χ3v) is 12.2. The fourth-order valence-corrected chi connectivity index (χ4v) is 9.79. The Morgan fingerprint density at radius 1 is 1.11 bits per heavy atom. The molecule has 0 aromatic carbocycles. The largest absolute Gasteiger partial charge is 0.341 e. The smallest absolute Gasteiger partial charge is 0.296 e. The van der Waals surface area contributed by atoms with E-state index in [4.69, 9.17) is 6.42 Å². The predicted molar refractivity (Wildman–Crippen MR) is 122 cm³/mol. The van der Waals surface area contributed by atoms with Gasteiger partial charge in [-0.2, -0.15) is 0 Å². The van der Waals surface area contributed by atoms with Crippen molar-refractivity contribution < 1.29 is 4.79 Å². The molecule has 0 aromatic rings. The normalized spacial score (nSPS) is 19.4. The van der Waals surface area contributed by atoms with Gasteiger partial charge in [-0.3, -0.25) is 4.79 Å². The molecule has 0 spiro atoms. The fourth-order valence-electron chi connectivity index (χ4n) is 4.46. The molecular weight excluding hydrogens is 360 g/mol. The molecule has 1 amide bonds. The van der Waals surface area contributed by atoms with Gasteiger partial charge in [-0.15, -0.1) is 23.8 Å². The maximum absolute atomic E-state index is 12.1. The Balaban J connectivity index is 2.73. The van der Waals surface area contributed by atoms with E-state index in [1.165, 1.54) is 0 Å². The van der Waals surface area contributed by atoms with E-state index in [0.717, 1.165) is 25.9 Å². The van der Waals surface area contributed by atoms with Crippen molar-refractivity contribution in [3.8, 4) is 35.6 Å². The van der Waals surface area contributed by atoms with Crippen LogP contribution in [0.5, 0.6) is 0 Å². The second-order valence-corrected chi connectivity index (χ2v) is 14.4. The van der Waals surface area contributed by atoms with Gasteiger partial charge in [-0.1, -0.05) is 47.5 Å². The number of carbonyl (C=O) groups is 1. The van der Waals surface area contributed by atoms with Crippen molar-refractivity contribution in [2.45, 2.75) is 89.9 Å². The molecule has 3 nitrogen and oxygen atoms in total. The van der Waals surface area contributed by atoms with Crippen molar-refractivity contribution in [2.24, 2.45) is 5.92 Å². The lowest BCUT2D eigenvalue weighted by atomic mass is 9.96. The molecule has 0 radical (unpaired) electrons. The molecule has 154 valence electrons. The van der Waals surface area contributed by atoms with Gasteiger partial charge in [0.2, 0.25) is 0 Å². The quantitative estimate of drug-likeness (QED) is 0.402. The summed E-state index contributed by atoms with van der Waals surface area (Å²) >= 11 is 0. The molecular formula is C24H38N2OSi. The van der Waals surface area contributed by atoms with Crippen LogP contribution in [-0.4, -0.2) is 33.1 Å². The van der Waals surface area contributed by atoms with E-state index in [2.05, 4.69) is 81.4 Å². The lowest BCUT2D eigenvalue weighted by Gasteiger charge is -2.38. The van der Waals surface area contributed by atoms with E-state index in [1.807, 2.05) is 0 Å². The fraction of sp³-hybridized carbons (Fsp3) is 0.708. The topological polar surface area (TPSA) is 41.1 Å². The minimum Gasteiger partial charge on any atom is -0.341 e. The first-order valence-corrected chi connectivity index (χ1v) is 12.9. The average Bonchev–Trinajstić information content (AvgIpc) is 2.61. The van der Waals surface area contributed by atoms with E-state index < -0.39 is 8.07 Å². The van der Waals surface area contributed by atoms with Gasteiger partial charge in [0.15, 0.2) is 0 Å². The van der Waals surface area contributed by atoms with Gasteiger partial charge in [-0.25, -0.2) is 0 Å². The number of hydrogen-bond acceptors (Lipinski definition) is 2. The highest BCUT2D eigenvalue weighted by atomic mass is 28.3. The molecule has 1 saturated heterocycles. The molecule has 0 unspecified atom stereocenters. The molecule has 1 aliphatic rings. The van der Waals surface area contributed by atoms with Crippen molar-refractivity contribution in [2.75, 3.05) is 13.1 Å². The first-order chi connectivity index (χ1) is 13.2. The van der Waals surface area contributed by atoms with Crippen molar-refractivity contribution >= 4 is 14.0 Å². The molecule has 0 saturated carbocycles. The predicted octanol–water partition coefficient (Wildman–Crippen LogP) is 4.11. The van der Waals surface area contributed by atoms with E-state index in [1.54, 1.807) is 0 Å². The van der Waals surface area contributed by atoms with Crippen LogP contribution in [0.4, 0.5) is 0 Å². The maximum Gasteiger partial charge on any atom is 0.296 e. The summed E-state index contributed by atoms with van der Waals surface area (Å²) in [6.07, 6.45) is 8.32. The molecule has 1 aliphatic heterocycles. The third-order valence-electron chi connectivity index (χ3n) is 5.87. The highest BCUT2D eigenvalue weighted by Gasteiger charge is 2.41. The number of hydrogen-bond donors (Lipinski definition) is 2. The van der Waals surface area contributed by atoms with Crippen LogP contribution in [0.1, 0.15) is 67.2 Å². The Bertz CT molecular complexity index is 645. The van der Waals surface area contributed by atoms with Gasteiger partial charge in [0.1, 0.15) is 8.07 Å². The molecule has 0 bridgehead atoms. The summed E-state index contributed by atoms with van der Waals surface area (Å²) in [5.41, 5.74) is 5.73. The second kappa shape index (κ2) is 12.0. The lowest BCUT2D eigenvalue weighted by Crippen LogP contribution is -2.48. The molecule has 1 heterocycles. The summed E-state index contributed by atoms with van der Waals surface area (Å²) in [4.78, 5) is 12.1. The Morgan fingerprint density at radius 3 is 2.32 bits per heavy atom. The number of nitrogens with one attached hydrogen (secondary N) is 2. The molecule has 2 N–H and O–H groups in total. The number of rotatable bonds is 6. The van der Waals surface area contributed by atoms with E-state index in [0.29, 0.717) is 29.5 Å². The monoisotopic (exact) mass is 398 g/mol. The zero-order chi connectivity index (χ0) is 21.2. The van der Waals surface area contributed by atoms with Crippen LogP contribution < -0.4 is 10.6 Å². The minimum absolute atomic E-state index is 0.0915. The van der Waals surface area contributed by atoms with Crippen LogP contribution in [0.2, 0.25) is 16.6 Å². The SMILES string of the molecule is C#CCCCC#CC(=O)N[C@@H]1CNC[C@H](C#C[Si](C(C)C)(C(C)C)C(C)C)C1. The molecule has 28 heavy (non-hydrogen) atoms. The van der Waals surface area contributed by atoms with Crippen LogP contribution in [0.25, 0.3) is 0 Å². The maximum atomic E-state index is 12.1. The van der Waals surface area contributed by atoms with Gasteiger partial charge in [0, 0.05) is 37.9 Å². The van der Waals surface area contributed by atoms with Crippen LogP contribution in [0.3, 0.4) is 0 Å². The summed E-state index contributed by atoms with van der Waals surface area (Å²) in [6, 6.07) is 0.0915. The molecule has 1 fully saturated rings. The number of piperidine rings is 1. The van der Waals surface area contributed by atoms with Crippen LogP contribution >= 0.6 is 0 Å². The molecule has 0 aromatic heterocycles. The first-order valence-electron chi connectivity index (χ1n) is 10.7. The third kappa shape index (κ3) is 7.05. The van der Waals surface area contributed by atoms with Crippen LogP contribution in [-0.2, 0) is 4.79 Å². The molecule has 2 atom stereocenters. The number of terminal acetylenes is 1. The summed E-state index contributed by atoms with van der Waals surface area (Å²) < 4.78 is 0. The second-order valence-electron chi connectivity index (χ2n) is 8.79. The Hall–Kier alpha value is -1.67. The Labute approximate surface area is 174 Å². The van der Waals surface area contributed by atoms with E-state index in [9.17, 15) is 4.79 Å². The Kier molecular flexibility index (Phi) is 10.5. The Morgan fingerprint density at radius 2 is 1.75 bits per heavy atom. The number of carbonyl (C=O) groups excluding carboxylic acids is 1. The zero-order valence-electron chi connectivity index (χ0n) is 18.6. The highest BCUT2D eigenvalue weighted by Crippen LogP contribution is 2.40. The van der Waals surface area contributed by atoms with Gasteiger partial charge in [-0.05, 0) is 35.4 Å². The first kappa shape index (κ1) is 24.4. The molecule has 0 aliphatic carbocycles. The summed E-state index contributed by atoms with van der Waals surface area (Å²) in [5.74, 6) is 11.9. The van der Waals surface area contributed by atoms with Crippen LogP contribution in [0, 0.1) is 41.6 Å². The van der Waals surface area contributed by atoms with Crippen LogP contribution in [0.15, 0.2) is 0 Å². The minimum atomic E-state index is -1.71. The standard InChI is InChI=1S/C24H38N2OSi/c1-8-9-10-11-12-13-24(27)26-23-16-22(17-25-18-23)14-15-28(19(2)3,20(4)5)21(6)7/h1,19-23,25H,9-11,16-18H2,2-7H3,(H,26,27)/t22-,23+/m1/s1. The summed E-state index contributed by atoms with van der Waals surface area (Å²) in [5, 5.41) is 6.46. The van der Waals surface area contributed by atoms with E-state index in [-0.39, 0.29) is 17.9 Å². The average molecular weight is 399 g/mol. The van der Waals surface area contributed by atoms with Gasteiger partial charge in [0.05, 0.1) is 0 Å². The summed E-state index contributed by atoms with van der Waals surface area (Å²) in [6.45, 7) is 15.7. The van der Waals surface area contributed by atoms with Crippen molar-refractivity contribution in [3.63, 3.8) is 0 Å². The van der Waals surface area contributed by atoms with Gasteiger partial charge < -0.3 is 10.6 Å². The van der Waals surface area contributed by atoms with E-state index >= 15 is 0 Å². The zero-order valence-corrected chi connectivity index (χ0v) is 19.6.